The van der Waals surface area contributed by atoms with Gasteiger partial charge in [0.15, 0.2) is 5.17 Å². The minimum Gasteiger partial charge on any atom is -0.399 e. The molecule has 0 saturated heterocycles. The standard InChI is InChI=1S/C16H17N5OS/c17-13-3-1-2-11(8-13)9-19-15(22)21-16-20-14(10-23-16)12-4-6-18-7-5-12/h1-8,14H,9-10,17H2,(H2,19,20,21,22). The molecule has 2 heterocycles. The number of hydrogen-bond acceptors (Lipinski definition) is 5. The topological polar surface area (TPSA) is 92.4 Å². The van der Waals surface area contributed by atoms with Crippen LogP contribution < -0.4 is 16.4 Å². The third-order valence-electron chi connectivity index (χ3n) is 3.37. The van der Waals surface area contributed by atoms with E-state index in [4.69, 9.17) is 5.73 Å². The van der Waals surface area contributed by atoms with E-state index in [0.29, 0.717) is 17.4 Å². The zero-order valence-corrected chi connectivity index (χ0v) is 13.2. The van der Waals surface area contributed by atoms with Crippen LogP contribution in [-0.4, -0.2) is 21.9 Å². The number of pyridine rings is 1. The van der Waals surface area contributed by atoms with Crippen molar-refractivity contribution in [1.82, 2.24) is 15.6 Å². The summed E-state index contributed by atoms with van der Waals surface area (Å²) in [5, 5.41) is 6.21. The fraction of sp³-hybridized carbons (Fsp3) is 0.188. The number of nitrogens with one attached hydrogen (secondary N) is 2. The first-order valence-corrected chi connectivity index (χ1v) is 8.19. The van der Waals surface area contributed by atoms with Crippen molar-refractivity contribution in [2.75, 3.05) is 11.5 Å². The number of benzene rings is 1. The number of anilines is 1. The third-order valence-corrected chi connectivity index (χ3v) is 4.33. The molecule has 1 unspecified atom stereocenters. The van der Waals surface area contributed by atoms with Crippen molar-refractivity contribution < 1.29 is 4.79 Å². The van der Waals surface area contributed by atoms with Crippen molar-refractivity contribution in [2.24, 2.45) is 4.99 Å². The summed E-state index contributed by atoms with van der Waals surface area (Å²) < 4.78 is 0. The van der Waals surface area contributed by atoms with Gasteiger partial charge in [0.1, 0.15) is 0 Å². The number of carbonyl (C=O) groups excluding carboxylic acids is 1. The van der Waals surface area contributed by atoms with Crippen LogP contribution in [0.2, 0.25) is 0 Å². The Morgan fingerprint density at radius 3 is 2.91 bits per heavy atom. The largest absolute Gasteiger partial charge is 0.399 e. The number of nitrogens with zero attached hydrogens (tertiary/aromatic N) is 2. The molecule has 4 N–H and O–H groups in total. The van der Waals surface area contributed by atoms with E-state index in [-0.39, 0.29) is 12.1 Å². The van der Waals surface area contributed by atoms with E-state index in [2.05, 4.69) is 20.6 Å². The molecule has 3 rings (SSSR count). The second-order valence-electron chi connectivity index (χ2n) is 5.09. The Labute approximate surface area is 138 Å². The van der Waals surface area contributed by atoms with Crippen LogP contribution in [0.3, 0.4) is 0 Å². The first kappa shape index (κ1) is 15.4. The molecule has 1 aromatic heterocycles. The third kappa shape index (κ3) is 4.23. The number of carbonyl (C=O) groups is 1. The van der Waals surface area contributed by atoms with Gasteiger partial charge in [0, 0.05) is 30.4 Å². The summed E-state index contributed by atoms with van der Waals surface area (Å²) in [5.41, 5.74) is 8.45. The second-order valence-corrected chi connectivity index (χ2v) is 6.10. The number of nitrogens with two attached hydrogens (primary N) is 1. The summed E-state index contributed by atoms with van der Waals surface area (Å²) in [6.07, 6.45) is 3.50. The minimum absolute atomic E-state index is 0.0622. The van der Waals surface area contributed by atoms with Crippen LogP contribution in [0.5, 0.6) is 0 Å². The van der Waals surface area contributed by atoms with Gasteiger partial charge in [0.25, 0.3) is 0 Å². The highest BCUT2D eigenvalue weighted by molar-refractivity contribution is 8.14. The molecule has 6 nitrogen and oxygen atoms in total. The lowest BCUT2D eigenvalue weighted by molar-refractivity contribution is 0.245. The molecule has 0 fully saturated rings. The Balaban J connectivity index is 1.52. The monoisotopic (exact) mass is 327 g/mol. The average Bonchev–Trinajstić information content (AvgIpc) is 3.02. The molecule has 0 bridgehead atoms. The fourth-order valence-electron chi connectivity index (χ4n) is 2.23. The van der Waals surface area contributed by atoms with Crippen molar-refractivity contribution in [3.63, 3.8) is 0 Å². The number of nitrogen functional groups attached to an aromatic ring is 1. The van der Waals surface area contributed by atoms with Gasteiger partial charge in [-0.3, -0.25) is 15.3 Å². The molecule has 0 spiro atoms. The van der Waals surface area contributed by atoms with Crippen molar-refractivity contribution in [3.05, 3.63) is 59.9 Å². The average molecular weight is 327 g/mol. The van der Waals surface area contributed by atoms with Crippen LogP contribution in [0, 0.1) is 0 Å². The predicted molar refractivity (Wildman–Crippen MR) is 93.1 cm³/mol. The summed E-state index contributed by atoms with van der Waals surface area (Å²) in [7, 11) is 0. The van der Waals surface area contributed by atoms with Crippen LogP contribution in [0.1, 0.15) is 17.2 Å². The molecule has 1 aliphatic rings. The molecule has 1 aliphatic heterocycles. The Morgan fingerprint density at radius 2 is 2.13 bits per heavy atom. The summed E-state index contributed by atoms with van der Waals surface area (Å²) in [6, 6.07) is 11.1. The van der Waals surface area contributed by atoms with E-state index in [1.54, 1.807) is 12.4 Å². The van der Waals surface area contributed by atoms with E-state index >= 15 is 0 Å². The zero-order chi connectivity index (χ0) is 16.1. The maximum atomic E-state index is 11.9. The van der Waals surface area contributed by atoms with Crippen LogP contribution in [0.15, 0.2) is 53.8 Å². The van der Waals surface area contributed by atoms with Gasteiger partial charge >= 0.3 is 6.03 Å². The Hall–Kier alpha value is -2.54. The number of aromatic nitrogens is 1. The summed E-state index contributed by atoms with van der Waals surface area (Å²) in [5.74, 6) is 0.814. The molecular formula is C16H17N5OS. The van der Waals surface area contributed by atoms with Gasteiger partial charge in [0.05, 0.1) is 6.04 Å². The number of thioether (sulfide) groups is 1. The van der Waals surface area contributed by atoms with Crippen LogP contribution in [0.4, 0.5) is 10.5 Å². The summed E-state index contributed by atoms with van der Waals surface area (Å²) in [4.78, 5) is 20.5. The zero-order valence-electron chi connectivity index (χ0n) is 12.4. The molecule has 2 aromatic rings. The first-order chi connectivity index (χ1) is 11.2. The van der Waals surface area contributed by atoms with Crippen molar-refractivity contribution >= 4 is 28.6 Å². The number of urea groups is 1. The van der Waals surface area contributed by atoms with Crippen molar-refractivity contribution in [3.8, 4) is 0 Å². The quantitative estimate of drug-likeness (QED) is 0.754. The molecule has 0 saturated carbocycles. The number of amides is 2. The van der Waals surface area contributed by atoms with E-state index in [1.165, 1.54) is 11.8 Å². The number of hydrogen-bond donors (Lipinski definition) is 3. The van der Waals surface area contributed by atoms with Crippen LogP contribution >= 0.6 is 11.8 Å². The summed E-state index contributed by atoms with van der Waals surface area (Å²) >= 11 is 1.54. The molecule has 1 atom stereocenters. The highest BCUT2D eigenvalue weighted by atomic mass is 32.2. The Bertz CT molecular complexity index is 719. The lowest BCUT2D eigenvalue weighted by Crippen LogP contribution is -2.37. The van der Waals surface area contributed by atoms with Gasteiger partial charge in [-0.05, 0) is 35.4 Å². The lowest BCUT2D eigenvalue weighted by Gasteiger charge is -2.07. The minimum atomic E-state index is -0.269. The maximum Gasteiger partial charge on any atom is 0.321 e. The molecule has 23 heavy (non-hydrogen) atoms. The lowest BCUT2D eigenvalue weighted by atomic mass is 10.1. The first-order valence-electron chi connectivity index (χ1n) is 7.20. The molecular weight excluding hydrogens is 310 g/mol. The number of amidine groups is 1. The maximum absolute atomic E-state index is 11.9. The molecule has 7 heteroatoms. The molecule has 118 valence electrons. The van der Waals surface area contributed by atoms with Gasteiger partial charge in [-0.1, -0.05) is 23.9 Å². The number of rotatable bonds is 3. The van der Waals surface area contributed by atoms with Crippen molar-refractivity contribution in [1.29, 1.82) is 0 Å². The highest BCUT2D eigenvalue weighted by Gasteiger charge is 2.21. The van der Waals surface area contributed by atoms with Gasteiger partial charge in [-0.25, -0.2) is 4.79 Å². The molecule has 1 aromatic carbocycles. The van der Waals surface area contributed by atoms with Crippen LogP contribution in [0.25, 0.3) is 0 Å². The SMILES string of the molecule is Nc1cccc(CNC(=O)NC2=NC(c3ccncc3)CS2)c1. The van der Waals surface area contributed by atoms with E-state index < -0.39 is 0 Å². The van der Waals surface area contributed by atoms with E-state index in [0.717, 1.165) is 16.9 Å². The van der Waals surface area contributed by atoms with E-state index in [9.17, 15) is 4.79 Å². The molecule has 0 radical (unpaired) electrons. The van der Waals surface area contributed by atoms with Gasteiger partial charge in [-0.2, -0.15) is 0 Å². The Morgan fingerprint density at radius 1 is 1.30 bits per heavy atom. The fourth-order valence-corrected chi connectivity index (χ4v) is 3.17. The molecule has 0 aliphatic carbocycles. The van der Waals surface area contributed by atoms with Crippen molar-refractivity contribution in [2.45, 2.75) is 12.6 Å². The van der Waals surface area contributed by atoms with Gasteiger partial charge in [0.2, 0.25) is 0 Å². The second kappa shape index (κ2) is 7.15. The predicted octanol–water partition coefficient (Wildman–Crippen LogP) is 2.31. The molecule has 2 amide bonds. The van der Waals surface area contributed by atoms with Gasteiger partial charge < -0.3 is 11.1 Å². The normalized spacial score (nSPS) is 16.7. The Kier molecular flexibility index (Phi) is 4.77. The van der Waals surface area contributed by atoms with E-state index in [1.807, 2.05) is 36.4 Å². The highest BCUT2D eigenvalue weighted by Crippen LogP contribution is 2.28. The summed E-state index contributed by atoms with van der Waals surface area (Å²) in [6.45, 7) is 0.419. The van der Waals surface area contributed by atoms with Crippen LogP contribution in [-0.2, 0) is 6.54 Å². The smallest absolute Gasteiger partial charge is 0.321 e. The van der Waals surface area contributed by atoms with Gasteiger partial charge in [-0.15, -0.1) is 0 Å². The number of aliphatic imine (C=N–C) groups is 1.